The van der Waals surface area contributed by atoms with E-state index in [0.717, 1.165) is 38.5 Å². The first-order chi connectivity index (χ1) is 11.4. The van der Waals surface area contributed by atoms with Gasteiger partial charge < -0.3 is 29.2 Å². The van der Waals surface area contributed by atoms with E-state index < -0.39 is 0 Å². The quantitative estimate of drug-likeness (QED) is 0.698. The fraction of sp³-hybridized carbons (Fsp3) is 1.00. The Kier molecular flexibility index (Phi) is 5.84. The van der Waals surface area contributed by atoms with Gasteiger partial charge in [0.15, 0.2) is 11.6 Å². The van der Waals surface area contributed by atoms with Crippen LogP contribution in [0.25, 0.3) is 0 Å². The van der Waals surface area contributed by atoms with Gasteiger partial charge in [0.05, 0.1) is 38.6 Å². The van der Waals surface area contributed by atoms with Crippen LogP contribution < -0.4 is 0 Å². The standard InChI is InChI=1S/2C9H16O3/c2*1-7-6-9(3-2-8(7)10)11-4-5-12-9/h2*7-8,10H,2-6H2,1H3/t7-,8+;7-,8-/m10/s1. The third-order valence-corrected chi connectivity index (χ3v) is 5.85. The maximum Gasteiger partial charge on any atom is 0.168 e. The minimum absolute atomic E-state index is 0.163. The summed E-state index contributed by atoms with van der Waals surface area (Å²) in [6, 6.07) is 0. The van der Waals surface area contributed by atoms with Crippen molar-refractivity contribution >= 4 is 0 Å². The molecule has 0 radical (unpaired) electrons. The molecule has 0 aromatic rings. The summed E-state index contributed by atoms with van der Waals surface area (Å²) in [6.07, 6.45) is 4.66. The van der Waals surface area contributed by atoms with Crippen molar-refractivity contribution in [3.8, 4) is 0 Å². The van der Waals surface area contributed by atoms with Gasteiger partial charge >= 0.3 is 0 Å². The molecular weight excluding hydrogens is 312 g/mol. The summed E-state index contributed by atoms with van der Waals surface area (Å²) in [7, 11) is 0. The lowest BCUT2D eigenvalue weighted by Gasteiger charge is -2.37. The average Bonchev–Trinajstić information content (AvgIpc) is 3.19. The Balaban J connectivity index is 0.000000141. The molecule has 0 aromatic heterocycles. The van der Waals surface area contributed by atoms with Crippen molar-refractivity contribution in [2.45, 2.75) is 76.2 Å². The molecule has 4 aliphatic rings. The van der Waals surface area contributed by atoms with E-state index in [1.165, 1.54) is 0 Å². The van der Waals surface area contributed by atoms with E-state index in [-0.39, 0.29) is 23.8 Å². The van der Waals surface area contributed by atoms with Crippen molar-refractivity contribution in [2.75, 3.05) is 26.4 Å². The third-order valence-electron chi connectivity index (χ3n) is 5.85. The molecule has 4 fully saturated rings. The highest BCUT2D eigenvalue weighted by Crippen LogP contribution is 2.39. The first kappa shape index (κ1) is 18.5. The molecule has 2 saturated heterocycles. The first-order valence-corrected chi connectivity index (χ1v) is 9.36. The number of rotatable bonds is 0. The summed E-state index contributed by atoms with van der Waals surface area (Å²) in [4.78, 5) is 0. The van der Waals surface area contributed by atoms with E-state index in [1.807, 2.05) is 0 Å². The molecule has 4 rings (SSSR count). The Morgan fingerprint density at radius 2 is 1.00 bits per heavy atom. The van der Waals surface area contributed by atoms with Crippen LogP contribution >= 0.6 is 0 Å². The maximum absolute atomic E-state index is 9.51. The zero-order valence-corrected chi connectivity index (χ0v) is 14.9. The van der Waals surface area contributed by atoms with E-state index in [4.69, 9.17) is 18.9 Å². The van der Waals surface area contributed by atoms with Crippen molar-refractivity contribution in [1.82, 2.24) is 0 Å². The van der Waals surface area contributed by atoms with Crippen LogP contribution in [0.3, 0.4) is 0 Å². The lowest BCUT2D eigenvalue weighted by Crippen LogP contribution is -2.41. The van der Waals surface area contributed by atoms with Gasteiger partial charge in [0.2, 0.25) is 0 Å². The monoisotopic (exact) mass is 344 g/mol. The van der Waals surface area contributed by atoms with Crippen molar-refractivity contribution < 1.29 is 29.2 Å². The molecule has 6 heteroatoms. The number of aliphatic hydroxyl groups excluding tert-OH is 2. The molecule has 0 amide bonds. The van der Waals surface area contributed by atoms with E-state index in [2.05, 4.69) is 13.8 Å². The second-order valence-corrected chi connectivity index (χ2v) is 7.79. The molecule has 0 aromatic carbocycles. The third kappa shape index (κ3) is 4.11. The topological polar surface area (TPSA) is 77.4 Å². The fourth-order valence-corrected chi connectivity index (χ4v) is 4.28. The predicted molar refractivity (Wildman–Crippen MR) is 87.3 cm³/mol. The maximum atomic E-state index is 9.51. The summed E-state index contributed by atoms with van der Waals surface area (Å²) in [6.45, 7) is 6.95. The molecule has 4 atom stereocenters. The van der Waals surface area contributed by atoms with Gasteiger partial charge in [-0.1, -0.05) is 13.8 Å². The Bertz CT molecular complexity index is 364. The second-order valence-electron chi connectivity index (χ2n) is 7.79. The predicted octanol–water partition coefficient (Wildman–Crippen LogP) is 1.82. The fourth-order valence-electron chi connectivity index (χ4n) is 4.28. The zero-order valence-electron chi connectivity index (χ0n) is 14.9. The molecule has 0 bridgehead atoms. The lowest BCUT2D eigenvalue weighted by molar-refractivity contribution is -0.200. The Morgan fingerprint density at radius 1 is 0.667 bits per heavy atom. The highest BCUT2D eigenvalue weighted by Gasteiger charge is 2.43. The van der Waals surface area contributed by atoms with Crippen LogP contribution in [-0.4, -0.2) is 60.4 Å². The van der Waals surface area contributed by atoms with Gasteiger partial charge in [-0.05, 0) is 24.7 Å². The molecule has 2 aliphatic heterocycles. The van der Waals surface area contributed by atoms with Crippen molar-refractivity contribution in [3.63, 3.8) is 0 Å². The number of hydrogen-bond acceptors (Lipinski definition) is 6. The lowest BCUT2D eigenvalue weighted by atomic mass is 9.84. The van der Waals surface area contributed by atoms with Crippen LogP contribution in [-0.2, 0) is 18.9 Å². The Labute approximate surface area is 144 Å². The smallest absolute Gasteiger partial charge is 0.168 e. The minimum atomic E-state index is -0.335. The second kappa shape index (κ2) is 7.56. The van der Waals surface area contributed by atoms with Crippen molar-refractivity contribution in [3.05, 3.63) is 0 Å². The summed E-state index contributed by atoms with van der Waals surface area (Å²) < 4.78 is 22.3. The molecule has 2 heterocycles. The molecule has 6 nitrogen and oxygen atoms in total. The average molecular weight is 344 g/mol. The van der Waals surface area contributed by atoms with E-state index >= 15 is 0 Å². The van der Waals surface area contributed by atoms with Crippen LogP contribution in [0.2, 0.25) is 0 Å². The molecule has 2 aliphatic carbocycles. The SMILES string of the molecule is C[C@@H]1CC2(CC[C@@H]1O)OCCO2.C[C@H]1CC2(CC[C@@H]1O)OCCO2. The summed E-state index contributed by atoms with van der Waals surface area (Å²) in [5, 5.41) is 19.0. The largest absolute Gasteiger partial charge is 0.393 e. The molecule has 2 saturated carbocycles. The van der Waals surface area contributed by atoms with Crippen molar-refractivity contribution in [1.29, 1.82) is 0 Å². The number of ether oxygens (including phenoxy) is 4. The summed E-state index contributed by atoms with van der Waals surface area (Å²) in [5.74, 6) is -0.0641. The highest BCUT2D eigenvalue weighted by atomic mass is 16.7. The van der Waals surface area contributed by atoms with Gasteiger partial charge in [-0.2, -0.15) is 0 Å². The van der Waals surface area contributed by atoms with Gasteiger partial charge in [0.1, 0.15) is 0 Å². The minimum Gasteiger partial charge on any atom is -0.393 e. The van der Waals surface area contributed by atoms with Gasteiger partial charge in [-0.15, -0.1) is 0 Å². The Morgan fingerprint density at radius 3 is 1.29 bits per heavy atom. The van der Waals surface area contributed by atoms with Gasteiger partial charge in [0, 0.05) is 25.7 Å². The van der Waals surface area contributed by atoms with Crippen LogP contribution in [0, 0.1) is 11.8 Å². The summed E-state index contributed by atoms with van der Waals surface area (Å²) >= 11 is 0. The Hall–Kier alpha value is -0.240. The molecule has 2 spiro atoms. The zero-order chi connectivity index (χ0) is 17.2. The molecule has 24 heavy (non-hydrogen) atoms. The van der Waals surface area contributed by atoms with Crippen molar-refractivity contribution in [2.24, 2.45) is 11.8 Å². The molecule has 0 unspecified atom stereocenters. The van der Waals surface area contributed by atoms with Gasteiger partial charge in [-0.3, -0.25) is 0 Å². The van der Waals surface area contributed by atoms with Crippen LogP contribution in [0.4, 0.5) is 0 Å². The molecule has 140 valence electrons. The normalized spacial score (nSPS) is 40.5. The van der Waals surface area contributed by atoms with Gasteiger partial charge in [0.25, 0.3) is 0 Å². The molecule has 2 N–H and O–H groups in total. The first-order valence-electron chi connectivity index (χ1n) is 9.36. The van der Waals surface area contributed by atoms with Crippen LogP contribution in [0.5, 0.6) is 0 Å². The number of aliphatic hydroxyl groups is 2. The van der Waals surface area contributed by atoms with E-state index in [1.54, 1.807) is 0 Å². The molecular formula is C18H32O6. The van der Waals surface area contributed by atoms with E-state index in [9.17, 15) is 10.2 Å². The van der Waals surface area contributed by atoms with E-state index in [0.29, 0.717) is 38.3 Å². The summed E-state index contributed by atoms with van der Waals surface area (Å²) in [5.41, 5.74) is 0. The van der Waals surface area contributed by atoms with Crippen LogP contribution in [0.1, 0.15) is 52.4 Å². The van der Waals surface area contributed by atoms with Gasteiger partial charge in [-0.25, -0.2) is 0 Å². The highest BCUT2D eigenvalue weighted by molar-refractivity contribution is 4.86. The number of hydrogen-bond donors (Lipinski definition) is 2. The van der Waals surface area contributed by atoms with Crippen LogP contribution in [0.15, 0.2) is 0 Å².